The highest BCUT2D eigenvalue weighted by Crippen LogP contribution is 2.51. The van der Waals surface area contributed by atoms with Crippen molar-refractivity contribution in [2.75, 3.05) is 0 Å². The molecule has 0 atom stereocenters. The van der Waals surface area contributed by atoms with Crippen LogP contribution >= 0.6 is 0 Å². The van der Waals surface area contributed by atoms with Gasteiger partial charge in [-0.2, -0.15) is 0 Å². The third kappa shape index (κ3) is 4.47. The standard InChI is InChI=1S/C50H29N5/c1-3-14-31(15-4-1)41-29-42(32-16-5-2-6-17-32)54-50(53-41)33-18-11-19-34(27-33)55-43-26-25-30-13-7-8-20-35(30)46(43)47-36-21-12-22-37-45(36)38(28-44(47)55)49-48(37)51-39-23-9-10-24-40(39)52-49/h1-29H. The van der Waals surface area contributed by atoms with E-state index in [1.165, 1.54) is 32.3 Å². The van der Waals surface area contributed by atoms with Crippen LogP contribution in [-0.2, 0) is 0 Å². The lowest BCUT2D eigenvalue weighted by molar-refractivity contribution is 1.16. The minimum Gasteiger partial charge on any atom is -0.309 e. The Balaban J connectivity index is 1.15. The quantitative estimate of drug-likeness (QED) is 0.183. The van der Waals surface area contributed by atoms with Gasteiger partial charge in [0.1, 0.15) is 0 Å². The molecule has 0 saturated carbocycles. The van der Waals surface area contributed by atoms with Gasteiger partial charge in [-0.15, -0.1) is 0 Å². The molecule has 0 amide bonds. The van der Waals surface area contributed by atoms with Crippen molar-refractivity contribution in [3.63, 3.8) is 0 Å². The highest BCUT2D eigenvalue weighted by atomic mass is 15.0. The van der Waals surface area contributed by atoms with E-state index in [4.69, 9.17) is 19.9 Å². The van der Waals surface area contributed by atoms with Crippen molar-refractivity contribution in [3.05, 3.63) is 176 Å². The maximum absolute atomic E-state index is 5.24. The average molecular weight is 700 g/mol. The molecule has 0 spiro atoms. The summed E-state index contributed by atoms with van der Waals surface area (Å²) in [6.45, 7) is 0. The van der Waals surface area contributed by atoms with Crippen molar-refractivity contribution < 1.29 is 0 Å². The number of benzene rings is 8. The summed E-state index contributed by atoms with van der Waals surface area (Å²) >= 11 is 0. The van der Waals surface area contributed by atoms with Gasteiger partial charge >= 0.3 is 0 Å². The lowest BCUT2D eigenvalue weighted by Crippen LogP contribution is -1.98. The van der Waals surface area contributed by atoms with Gasteiger partial charge in [-0.1, -0.05) is 133 Å². The minimum absolute atomic E-state index is 0.679. The van der Waals surface area contributed by atoms with E-state index in [1.807, 2.05) is 36.4 Å². The second kappa shape index (κ2) is 11.5. The molecule has 12 rings (SSSR count). The number of aromatic nitrogens is 5. The van der Waals surface area contributed by atoms with Crippen LogP contribution in [-0.4, -0.2) is 24.5 Å². The third-order valence-electron chi connectivity index (χ3n) is 11.1. The van der Waals surface area contributed by atoms with Crippen LogP contribution in [0.4, 0.5) is 0 Å². The van der Waals surface area contributed by atoms with E-state index in [-0.39, 0.29) is 0 Å². The Morgan fingerprint density at radius 2 is 0.964 bits per heavy atom. The van der Waals surface area contributed by atoms with Crippen LogP contribution in [0.25, 0.3) is 116 Å². The van der Waals surface area contributed by atoms with Crippen LogP contribution in [0.5, 0.6) is 0 Å². The third-order valence-corrected chi connectivity index (χ3v) is 11.1. The molecule has 1 aliphatic carbocycles. The number of rotatable bonds is 4. The van der Waals surface area contributed by atoms with Crippen molar-refractivity contribution in [2.45, 2.75) is 0 Å². The van der Waals surface area contributed by atoms with Crippen LogP contribution in [0.1, 0.15) is 0 Å². The molecular formula is C50H29N5. The number of hydrogen-bond donors (Lipinski definition) is 0. The van der Waals surface area contributed by atoms with Gasteiger partial charge < -0.3 is 4.57 Å². The fraction of sp³-hybridized carbons (Fsp3) is 0. The molecule has 0 N–H and O–H groups in total. The molecule has 55 heavy (non-hydrogen) atoms. The van der Waals surface area contributed by atoms with E-state index in [0.29, 0.717) is 5.82 Å². The molecule has 1 aliphatic rings. The van der Waals surface area contributed by atoms with E-state index in [1.54, 1.807) is 0 Å². The van der Waals surface area contributed by atoms with Crippen LogP contribution in [0.2, 0.25) is 0 Å². The zero-order chi connectivity index (χ0) is 36.0. The zero-order valence-electron chi connectivity index (χ0n) is 29.5. The zero-order valence-corrected chi connectivity index (χ0v) is 29.5. The summed E-state index contributed by atoms with van der Waals surface area (Å²) in [6.07, 6.45) is 0. The second-order valence-corrected chi connectivity index (χ2v) is 14.2. The van der Waals surface area contributed by atoms with Gasteiger partial charge in [-0.25, -0.2) is 19.9 Å². The topological polar surface area (TPSA) is 56.5 Å². The monoisotopic (exact) mass is 699 g/mol. The van der Waals surface area contributed by atoms with E-state index < -0.39 is 0 Å². The summed E-state index contributed by atoms with van der Waals surface area (Å²) in [6, 6.07) is 61.8. The summed E-state index contributed by atoms with van der Waals surface area (Å²) in [5.41, 5.74) is 14.0. The van der Waals surface area contributed by atoms with Crippen molar-refractivity contribution in [2.24, 2.45) is 0 Å². The summed E-state index contributed by atoms with van der Waals surface area (Å²) in [7, 11) is 0. The molecule has 11 aromatic rings. The molecule has 0 fully saturated rings. The Hall–Kier alpha value is -7.50. The lowest BCUT2D eigenvalue weighted by Gasteiger charge is -2.13. The minimum atomic E-state index is 0.679. The Bertz CT molecular complexity index is 3310. The lowest BCUT2D eigenvalue weighted by atomic mass is 9.97. The molecule has 0 unspecified atom stereocenters. The first-order chi connectivity index (χ1) is 27.3. The molecule has 5 heteroatoms. The normalized spacial score (nSPS) is 12.0. The largest absolute Gasteiger partial charge is 0.309 e. The predicted octanol–water partition coefficient (Wildman–Crippen LogP) is 12.5. The van der Waals surface area contributed by atoms with Crippen LogP contribution in [0, 0.1) is 0 Å². The van der Waals surface area contributed by atoms with Gasteiger partial charge in [0.05, 0.1) is 44.8 Å². The molecule has 0 radical (unpaired) electrons. The van der Waals surface area contributed by atoms with Crippen molar-refractivity contribution in [1.29, 1.82) is 0 Å². The highest BCUT2D eigenvalue weighted by Gasteiger charge is 2.29. The van der Waals surface area contributed by atoms with Crippen molar-refractivity contribution in [3.8, 4) is 62.1 Å². The van der Waals surface area contributed by atoms with Gasteiger partial charge in [0, 0.05) is 49.7 Å². The summed E-state index contributed by atoms with van der Waals surface area (Å²) in [4.78, 5) is 20.8. The average Bonchev–Trinajstić information content (AvgIpc) is 3.76. The first kappa shape index (κ1) is 30.0. The molecule has 0 aliphatic heterocycles. The Labute approximate surface area is 315 Å². The fourth-order valence-electron chi connectivity index (χ4n) is 8.66. The summed E-state index contributed by atoms with van der Waals surface area (Å²) in [5, 5.41) is 7.31. The highest BCUT2D eigenvalue weighted by molar-refractivity contribution is 6.33. The van der Waals surface area contributed by atoms with E-state index >= 15 is 0 Å². The van der Waals surface area contributed by atoms with Crippen LogP contribution in [0.15, 0.2) is 176 Å². The van der Waals surface area contributed by atoms with E-state index in [2.05, 4.69) is 144 Å². The fourth-order valence-corrected chi connectivity index (χ4v) is 8.66. The smallest absolute Gasteiger partial charge is 0.160 e. The summed E-state index contributed by atoms with van der Waals surface area (Å²) < 4.78 is 2.41. The van der Waals surface area contributed by atoms with Gasteiger partial charge in [0.15, 0.2) is 5.82 Å². The summed E-state index contributed by atoms with van der Waals surface area (Å²) in [5.74, 6) is 0.679. The van der Waals surface area contributed by atoms with Crippen molar-refractivity contribution >= 4 is 54.4 Å². The Morgan fingerprint density at radius 3 is 1.71 bits per heavy atom. The molecule has 0 saturated heterocycles. The number of fused-ring (bicyclic) bond motifs is 10. The van der Waals surface area contributed by atoms with E-state index in [9.17, 15) is 0 Å². The van der Waals surface area contributed by atoms with Crippen LogP contribution in [0.3, 0.4) is 0 Å². The van der Waals surface area contributed by atoms with Crippen molar-refractivity contribution in [1.82, 2.24) is 24.5 Å². The SMILES string of the molecule is c1ccc(-c2cc(-c3ccccc3)nc(-c3cccc(-n4c5ccc6ccccc6c5c5c6cccc7c6c(cc54)-c4nc5ccccc5nc4-7)c3)n2)cc1. The maximum atomic E-state index is 5.24. The van der Waals surface area contributed by atoms with Crippen LogP contribution < -0.4 is 0 Å². The van der Waals surface area contributed by atoms with Gasteiger partial charge in [0.25, 0.3) is 0 Å². The molecule has 8 aromatic carbocycles. The first-order valence-electron chi connectivity index (χ1n) is 18.6. The second-order valence-electron chi connectivity index (χ2n) is 14.2. The predicted molar refractivity (Wildman–Crippen MR) is 225 cm³/mol. The molecule has 0 bridgehead atoms. The molecule has 254 valence electrons. The Morgan fingerprint density at radius 1 is 0.364 bits per heavy atom. The number of nitrogens with zero attached hydrogens (tertiary/aromatic N) is 5. The number of hydrogen-bond acceptors (Lipinski definition) is 4. The van der Waals surface area contributed by atoms with Gasteiger partial charge in [0.2, 0.25) is 0 Å². The molecular weight excluding hydrogens is 671 g/mol. The van der Waals surface area contributed by atoms with Gasteiger partial charge in [-0.3, -0.25) is 0 Å². The van der Waals surface area contributed by atoms with E-state index in [0.717, 1.165) is 78.3 Å². The molecule has 5 nitrogen and oxygen atoms in total. The Kier molecular flexibility index (Phi) is 6.27. The molecule has 3 aromatic heterocycles. The first-order valence-corrected chi connectivity index (χ1v) is 18.6. The number of para-hydroxylation sites is 2. The van der Waals surface area contributed by atoms with Gasteiger partial charge in [-0.05, 0) is 58.6 Å². The maximum Gasteiger partial charge on any atom is 0.160 e. The molecule has 3 heterocycles.